The Bertz CT molecular complexity index is 508. The van der Waals surface area contributed by atoms with E-state index >= 15 is 0 Å². The molecule has 0 fully saturated rings. The lowest BCUT2D eigenvalue weighted by Crippen LogP contribution is -2.03. The maximum absolute atomic E-state index is 4.41. The van der Waals surface area contributed by atoms with Crippen molar-refractivity contribution in [2.24, 2.45) is 0 Å². The summed E-state index contributed by atoms with van der Waals surface area (Å²) in [6.45, 7) is 6.23. The summed E-state index contributed by atoms with van der Waals surface area (Å²) < 4.78 is 0. The van der Waals surface area contributed by atoms with E-state index in [2.05, 4.69) is 26.8 Å². The Labute approximate surface area is 100 Å². The van der Waals surface area contributed by atoms with Gasteiger partial charge in [-0.1, -0.05) is 6.08 Å². The highest BCUT2D eigenvalue weighted by Gasteiger charge is 2.03. The highest BCUT2D eigenvalue weighted by molar-refractivity contribution is 5.61. The highest BCUT2D eigenvalue weighted by Crippen LogP contribution is 2.18. The first kappa shape index (κ1) is 11.3. The van der Waals surface area contributed by atoms with Gasteiger partial charge < -0.3 is 5.32 Å². The summed E-state index contributed by atoms with van der Waals surface area (Å²) in [6.07, 6.45) is 5.30. The molecule has 2 rings (SSSR count). The van der Waals surface area contributed by atoms with Gasteiger partial charge in [0.25, 0.3) is 0 Å². The summed E-state index contributed by atoms with van der Waals surface area (Å²) in [6, 6.07) is 5.78. The van der Waals surface area contributed by atoms with E-state index in [1.807, 2.05) is 25.1 Å². The molecule has 4 nitrogen and oxygen atoms in total. The molecule has 4 heteroatoms. The number of hydrogen-bond donors (Lipinski definition) is 1. The largest absolute Gasteiger partial charge is 0.366 e. The van der Waals surface area contributed by atoms with Crippen molar-refractivity contribution in [2.75, 3.05) is 11.9 Å². The van der Waals surface area contributed by atoms with Crippen molar-refractivity contribution in [1.82, 2.24) is 15.0 Å². The van der Waals surface area contributed by atoms with Crippen LogP contribution in [0.15, 0.2) is 43.2 Å². The van der Waals surface area contributed by atoms with E-state index in [9.17, 15) is 0 Å². The minimum absolute atomic E-state index is 0.687. The summed E-state index contributed by atoms with van der Waals surface area (Å²) in [5.74, 6) is 1.55. The molecule has 0 spiro atoms. The predicted molar refractivity (Wildman–Crippen MR) is 68.7 cm³/mol. The van der Waals surface area contributed by atoms with Crippen LogP contribution in [0.4, 0.5) is 5.82 Å². The van der Waals surface area contributed by atoms with Crippen LogP contribution in [0.5, 0.6) is 0 Å². The maximum atomic E-state index is 4.41. The predicted octanol–water partition coefficient (Wildman–Crippen LogP) is 2.44. The van der Waals surface area contributed by atoms with E-state index in [0.29, 0.717) is 6.54 Å². The quantitative estimate of drug-likeness (QED) is 0.813. The molecule has 2 aromatic heterocycles. The van der Waals surface area contributed by atoms with Gasteiger partial charge in [-0.2, -0.15) is 0 Å². The third kappa shape index (κ3) is 2.87. The van der Waals surface area contributed by atoms with Crippen LogP contribution in [-0.4, -0.2) is 21.5 Å². The normalized spacial score (nSPS) is 9.94. The SMILES string of the molecule is C=CCNc1cc(-c2ccncc2)nc(C)n1. The summed E-state index contributed by atoms with van der Waals surface area (Å²) in [5, 5.41) is 3.16. The Morgan fingerprint density at radius 3 is 2.76 bits per heavy atom. The third-order valence-corrected chi connectivity index (χ3v) is 2.24. The second kappa shape index (κ2) is 5.21. The van der Waals surface area contributed by atoms with Crippen molar-refractivity contribution in [3.05, 3.63) is 49.1 Å². The molecule has 86 valence electrons. The molecule has 0 aliphatic heterocycles. The zero-order valence-corrected chi connectivity index (χ0v) is 9.72. The number of aromatic nitrogens is 3. The lowest BCUT2D eigenvalue weighted by Gasteiger charge is -2.06. The molecule has 1 N–H and O–H groups in total. The second-order valence-corrected chi connectivity index (χ2v) is 3.59. The number of nitrogens with one attached hydrogen (secondary N) is 1. The molecule has 0 aliphatic carbocycles. The number of aryl methyl sites for hydroxylation is 1. The highest BCUT2D eigenvalue weighted by atomic mass is 15.0. The lowest BCUT2D eigenvalue weighted by atomic mass is 10.2. The Morgan fingerprint density at radius 2 is 2.06 bits per heavy atom. The fraction of sp³-hybridized carbons (Fsp3) is 0.154. The van der Waals surface area contributed by atoms with Gasteiger partial charge in [0, 0.05) is 30.6 Å². The van der Waals surface area contributed by atoms with Crippen molar-refractivity contribution >= 4 is 5.82 Å². The molecule has 0 saturated heterocycles. The van der Waals surface area contributed by atoms with Crippen LogP contribution in [0.3, 0.4) is 0 Å². The minimum atomic E-state index is 0.687. The molecule has 0 amide bonds. The van der Waals surface area contributed by atoms with Gasteiger partial charge in [-0.25, -0.2) is 9.97 Å². The summed E-state index contributed by atoms with van der Waals surface area (Å²) in [7, 11) is 0. The topological polar surface area (TPSA) is 50.7 Å². The first-order valence-electron chi connectivity index (χ1n) is 5.40. The van der Waals surface area contributed by atoms with Gasteiger partial charge in [0.1, 0.15) is 11.6 Å². The molecule has 2 heterocycles. The summed E-state index contributed by atoms with van der Waals surface area (Å²) in [4.78, 5) is 12.7. The van der Waals surface area contributed by atoms with Gasteiger partial charge in [-0.15, -0.1) is 6.58 Å². The van der Waals surface area contributed by atoms with E-state index in [0.717, 1.165) is 22.9 Å². The Kier molecular flexibility index (Phi) is 3.45. The molecular formula is C13H14N4. The van der Waals surface area contributed by atoms with Crippen molar-refractivity contribution in [3.8, 4) is 11.3 Å². The first-order valence-corrected chi connectivity index (χ1v) is 5.40. The molecule has 0 radical (unpaired) electrons. The second-order valence-electron chi connectivity index (χ2n) is 3.59. The Balaban J connectivity index is 2.35. The van der Waals surface area contributed by atoms with E-state index in [-0.39, 0.29) is 0 Å². The number of anilines is 1. The molecule has 2 aromatic rings. The lowest BCUT2D eigenvalue weighted by molar-refractivity contribution is 1.05. The van der Waals surface area contributed by atoms with Gasteiger partial charge in [0.15, 0.2) is 0 Å². The van der Waals surface area contributed by atoms with Crippen molar-refractivity contribution < 1.29 is 0 Å². The Morgan fingerprint density at radius 1 is 1.29 bits per heavy atom. The van der Waals surface area contributed by atoms with Gasteiger partial charge in [-0.3, -0.25) is 4.98 Å². The van der Waals surface area contributed by atoms with Crippen LogP contribution in [0.1, 0.15) is 5.82 Å². The van der Waals surface area contributed by atoms with E-state index < -0.39 is 0 Å². The standard InChI is InChI=1S/C13H14N4/c1-3-6-15-13-9-12(16-10(2)17-13)11-4-7-14-8-5-11/h3-5,7-9H,1,6H2,2H3,(H,15,16,17). The number of pyridine rings is 1. The molecule has 0 atom stereocenters. The zero-order valence-electron chi connectivity index (χ0n) is 9.72. The minimum Gasteiger partial charge on any atom is -0.366 e. The molecule has 0 saturated carbocycles. The van der Waals surface area contributed by atoms with E-state index in [1.165, 1.54) is 0 Å². The van der Waals surface area contributed by atoms with E-state index in [1.54, 1.807) is 18.5 Å². The van der Waals surface area contributed by atoms with Gasteiger partial charge in [-0.05, 0) is 19.1 Å². The molecule has 0 bridgehead atoms. The summed E-state index contributed by atoms with van der Waals surface area (Å²) in [5.41, 5.74) is 1.93. The average molecular weight is 226 g/mol. The van der Waals surface area contributed by atoms with Crippen LogP contribution in [0.25, 0.3) is 11.3 Å². The van der Waals surface area contributed by atoms with Crippen molar-refractivity contribution in [2.45, 2.75) is 6.92 Å². The molecule has 0 unspecified atom stereocenters. The monoisotopic (exact) mass is 226 g/mol. The average Bonchev–Trinajstić information content (AvgIpc) is 2.37. The zero-order chi connectivity index (χ0) is 12.1. The molecule has 0 aliphatic rings. The van der Waals surface area contributed by atoms with Gasteiger partial charge in [0.05, 0.1) is 5.69 Å². The van der Waals surface area contributed by atoms with Crippen LogP contribution in [0.2, 0.25) is 0 Å². The Hall–Kier alpha value is -2.23. The van der Waals surface area contributed by atoms with Gasteiger partial charge in [0.2, 0.25) is 0 Å². The van der Waals surface area contributed by atoms with Gasteiger partial charge >= 0.3 is 0 Å². The van der Waals surface area contributed by atoms with Crippen molar-refractivity contribution in [3.63, 3.8) is 0 Å². The number of nitrogens with zero attached hydrogens (tertiary/aromatic N) is 3. The first-order chi connectivity index (χ1) is 8.29. The third-order valence-electron chi connectivity index (χ3n) is 2.24. The van der Waals surface area contributed by atoms with Crippen LogP contribution in [-0.2, 0) is 0 Å². The van der Waals surface area contributed by atoms with Crippen molar-refractivity contribution in [1.29, 1.82) is 0 Å². The summed E-state index contributed by atoms with van der Waals surface area (Å²) >= 11 is 0. The smallest absolute Gasteiger partial charge is 0.130 e. The van der Waals surface area contributed by atoms with E-state index in [4.69, 9.17) is 0 Å². The molecular weight excluding hydrogens is 212 g/mol. The van der Waals surface area contributed by atoms with Crippen LogP contribution >= 0.6 is 0 Å². The van der Waals surface area contributed by atoms with Crippen LogP contribution in [0, 0.1) is 6.92 Å². The maximum Gasteiger partial charge on any atom is 0.130 e. The fourth-order valence-electron chi connectivity index (χ4n) is 1.51. The fourth-order valence-corrected chi connectivity index (χ4v) is 1.51. The number of rotatable bonds is 4. The molecule has 0 aromatic carbocycles. The number of hydrogen-bond acceptors (Lipinski definition) is 4. The molecule has 17 heavy (non-hydrogen) atoms. The van der Waals surface area contributed by atoms with Crippen LogP contribution < -0.4 is 5.32 Å².